The molecule has 0 saturated carbocycles. The van der Waals surface area contributed by atoms with Crippen molar-refractivity contribution in [2.45, 2.75) is 93.2 Å². The van der Waals surface area contributed by atoms with Crippen LogP contribution in [0.15, 0.2) is 87.5 Å². The van der Waals surface area contributed by atoms with E-state index >= 15 is 0 Å². The van der Waals surface area contributed by atoms with Crippen molar-refractivity contribution in [1.82, 2.24) is 0 Å². The van der Waals surface area contributed by atoms with Gasteiger partial charge in [-0.2, -0.15) is 0 Å². The van der Waals surface area contributed by atoms with Crippen molar-refractivity contribution < 1.29 is 0 Å². The van der Waals surface area contributed by atoms with Crippen molar-refractivity contribution in [3.8, 4) is 0 Å². The molecule has 0 heterocycles. The molecule has 0 aliphatic rings. The monoisotopic (exact) mass is 876 g/mol. The van der Waals surface area contributed by atoms with E-state index < -0.39 is 0 Å². The van der Waals surface area contributed by atoms with Gasteiger partial charge in [-0.25, -0.2) is 0 Å². The van der Waals surface area contributed by atoms with Crippen molar-refractivity contribution in [2.75, 3.05) is 0 Å². The predicted octanol–water partition coefficient (Wildman–Crippen LogP) is 13.3. The van der Waals surface area contributed by atoms with Gasteiger partial charge in [0.25, 0.3) is 0 Å². The summed E-state index contributed by atoms with van der Waals surface area (Å²) in [5.74, 6) is 0. The first-order valence-corrected chi connectivity index (χ1v) is 21.9. The number of halogens is 3. The molecule has 0 bridgehead atoms. The molecule has 0 aliphatic heterocycles. The van der Waals surface area contributed by atoms with E-state index in [1.54, 1.807) is 26.8 Å². The summed E-state index contributed by atoms with van der Waals surface area (Å²) in [5, 5.41) is 0. The molecule has 0 amide bonds. The van der Waals surface area contributed by atoms with Crippen LogP contribution in [-0.2, 0) is 16.2 Å². The lowest BCUT2D eigenvalue weighted by atomic mass is 9.87. The second-order valence-electron chi connectivity index (χ2n) is 11.6. The molecule has 0 unspecified atom stereocenters. The van der Waals surface area contributed by atoms with Gasteiger partial charge in [0.05, 0.1) is 0 Å². The molecule has 0 spiro atoms. The van der Waals surface area contributed by atoms with Crippen LogP contribution in [0, 0.1) is 0 Å². The standard InChI is InChI=1S/3C10H13IS/c3*1-10(2,3)8-4-6-9(12-11)7-5-8/h3*4-7H,1-3H3. The van der Waals surface area contributed by atoms with Crippen molar-refractivity contribution in [3.05, 3.63) is 89.5 Å². The van der Waals surface area contributed by atoms with Gasteiger partial charge in [-0.3, -0.25) is 0 Å². The quantitative estimate of drug-likeness (QED) is 0.241. The topological polar surface area (TPSA) is 0 Å². The maximum atomic E-state index is 2.30. The van der Waals surface area contributed by atoms with Gasteiger partial charge in [0.1, 0.15) is 0 Å². The third-order valence-electron chi connectivity index (χ3n) is 5.43. The Bertz CT molecular complexity index is 873. The van der Waals surface area contributed by atoms with E-state index in [-0.39, 0.29) is 16.2 Å². The molecule has 3 rings (SSSR count). The van der Waals surface area contributed by atoms with Crippen molar-refractivity contribution in [2.24, 2.45) is 0 Å². The molecule has 198 valence electrons. The van der Waals surface area contributed by atoms with Gasteiger partial charge in [-0.15, -0.1) is 0 Å². The van der Waals surface area contributed by atoms with Gasteiger partial charge in [0.15, 0.2) is 0 Å². The molecule has 0 nitrogen and oxygen atoms in total. The molecule has 3 aromatic rings. The Balaban J connectivity index is 0.000000270. The van der Waals surface area contributed by atoms with Crippen molar-refractivity contribution in [3.63, 3.8) is 0 Å². The van der Waals surface area contributed by atoms with Gasteiger partial charge < -0.3 is 0 Å². The third kappa shape index (κ3) is 13.3. The molecule has 0 aromatic heterocycles. The average Bonchev–Trinajstić information content (AvgIpc) is 2.83. The predicted molar refractivity (Wildman–Crippen MR) is 195 cm³/mol. The summed E-state index contributed by atoms with van der Waals surface area (Å²) in [6.45, 7) is 20.1. The van der Waals surface area contributed by atoms with E-state index in [4.69, 9.17) is 0 Å². The Morgan fingerprint density at radius 2 is 0.528 bits per heavy atom. The summed E-state index contributed by atoms with van der Waals surface area (Å²) in [5.41, 5.74) is 5.02. The van der Waals surface area contributed by atoms with E-state index in [9.17, 15) is 0 Å². The van der Waals surface area contributed by atoms with Crippen LogP contribution in [0.4, 0.5) is 0 Å². The molecule has 0 fully saturated rings. The minimum absolute atomic E-state index is 0.272. The molecular formula is C30H39I3S3. The van der Waals surface area contributed by atoms with Gasteiger partial charge in [0.2, 0.25) is 0 Å². The maximum Gasteiger partial charge on any atom is 0.0178 e. The first-order chi connectivity index (χ1) is 16.6. The number of benzene rings is 3. The Morgan fingerprint density at radius 3 is 0.639 bits per heavy atom. The average molecular weight is 877 g/mol. The van der Waals surface area contributed by atoms with E-state index in [1.165, 1.54) is 31.4 Å². The van der Waals surface area contributed by atoms with Crippen LogP contribution in [-0.4, -0.2) is 0 Å². The Labute approximate surface area is 269 Å². The number of rotatable bonds is 3. The second-order valence-corrected chi connectivity index (χ2v) is 17.4. The molecule has 0 N–H and O–H groups in total. The minimum Gasteiger partial charge on any atom is -0.0574 e. The van der Waals surface area contributed by atoms with Gasteiger partial charge in [-0.1, -0.05) is 126 Å². The largest absolute Gasteiger partial charge is 0.0574 e. The van der Waals surface area contributed by atoms with Crippen molar-refractivity contribution in [1.29, 1.82) is 0 Å². The molecule has 0 radical (unpaired) electrons. The molecule has 0 saturated heterocycles. The fourth-order valence-electron chi connectivity index (χ4n) is 3.02. The highest BCUT2D eigenvalue weighted by atomic mass is 127. The van der Waals surface area contributed by atoms with Crippen LogP contribution in [0.3, 0.4) is 0 Å². The van der Waals surface area contributed by atoms with E-state index in [0.717, 1.165) is 0 Å². The van der Waals surface area contributed by atoms with Crippen LogP contribution in [0.5, 0.6) is 0 Å². The van der Waals surface area contributed by atoms with Crippen molar-refractivity contribution >= 4 is 90.4 Å². The van der Waals surface area contributed by atoms with E-state index in [2.05, 4.69) is 199 Å². The summed E-state index contributed by atoms with van der Waals surface area (Å²) < 4.78 is 0. The second kappa shape index (κ2) is 16.2. The summed E-state index contributed by atoms with van der Waals surface area (Å²) in [6.07, 6.45) is 0. The number of hydrogen-bond donors (Lipinski definition) is 0. The normalized spacial score (nSPS) is 11.7. The van der Waals surface area contributed by atoms with Crippen LogP contribution in [0.2, 0.25) is 0 Å². The van der Waals surface area contributed by atoms with Gasteiger partial charge >= 0.3 is 0 Å². The lowest BCUT2D eigenvalue weighted by Crippen LogP contribution is -2.10. The smallest absolute Gasteiger partial charge is 0.0178 e. The lowest BCUT2D eigenvalue weighted by molar-refractivity contribution is 0.589. The van der Waals surface area contributed by atoms with Crippen LogP contribution < -0.4 is 0 Å². The lowest BCUT2D eigenvalue weighted by Gasteiger charge is -2.18. The van der Waals surface area contributed by atoms with E-state index in [0.29, 0.717) is 0 Å². The SMILES string of the molecule is CC(C)(C)c1ccc(SI)cc1.CC(C)(C)c1ccc(SI)cc1.CC(C)(C)c1ccc(SI)cc1. The van der Waals surface area contributed by atoms with Crippen LogP contribution in [0.1, 0.15) is 79.0 Å². The zero-order valence-corrected chi connectivity index (χ0v) is 31.7. The molecule has 3 aromatic carbocycles. The fourth-order valence-corrected chi connectivity index (χ4v) is 6.38. The Hall–Kier alpha value is 0.900. The van der Waals surface area contributed by atoms with Gasteiger partial charge in [-0.05, 0) is 69.3 Å². The van der Waals surface area contributed by atoms with Crippen LogP contribution in [0.25, 0.3) is 0 Å². The summed E-state index contributed by atoms with van der Waals surface area (Å²) in [4.78, 5) is 3.97. The minimum atomic E-state index is 0.272. The van der Waals surface area contributed by atoms with E-state index in [1.807, 2.05) is 0 Å². The molecule has 36 heavy (non-hydrogen) atoms. The highest BCUT2D eigenvalue weighted by Gasteiger charge is 2.14. The zero-order valence-electron chi connectivity index (χ0n) is 22.8. The first-order valence-electron chi connectivity index (χ1n) is 11.8. The highest BCUT2D eigenvalue weighted by Crippen LogP contribution is 2.30. The molecule has 0 aliphatic carbocycles. The third-order valence-corrected chi connectivity index (χ3v) is 11.4. The highest BCUT2D eigenvalue weighted by molar-refractivity contribution is 14.2. The Kier molecular flexibility index (Phi) is 15.7. The molecule has 6 heteroatoms. The Morgan fingerprint density at radius 1 is 0.361 bits per heavy atom. The van der Waals surface area contributed by atoms with Gasteiger partial charge in [0, 0.05) is 78.3 Å². The first kappa shape index (κ1) is 34.9. The maximum absolute atomic E-state index is 2.30. The molecule has 0 atom stereocenters. The summed E-state index contributed by atoms with van der Waals surface area (Å²) >= 11 is 6.91. The fraction of sp³-hybridized carbons (Fsp3) is 0.400. The number of hydrogen-bond acceptors (Lipinski definition) is 3. The van der Waals surface area contributed by atoms with Crippen LogP contribution >= 0.6 is 90.4 Å². The summed E-state index contributed by atoms with van der Waals surface area (Å²) in [6, 6.07) is 26.3. The zero-order chi connectivity index (χ0) is 27.6. The molecular weight excluding hydrogens is 837 g/mol. The summed E-state index contributed by atoms with van der Waals surface area (Å²) in [7, 11) is 5.27.